The molecule has 0 unspecified atom stereocenters. The summed E-state index contributed by atoms with van der Waals surface area (Å²) >= 11 is 1.18. The molecule has 0 amide bonds. The number of rotatable bonds is 5. The minimum atomic E-state index is 0.0252. The zero-order valence-corrected chi connectivity index (χ0v) is 11.7. The number of aliphatic hydroxyl groups is 1. The van der Waals surface area contributed by atoms with Gasteiger partial charge in [0.1, 0.15) is 12.4 Å². The second kappa shape index (κ2) is 7.53. The topological polar surface area (TPSA) is 51.5 Å². The Balaban J connectivity index is 1.90. The van der Waals surface area contributed by atoms with Crippen LogP contribution >= 0.6 is 11.3 Å². The van der Waals surface area contributed by atoms with E-state index in [1.165, 1.54) is 11.3 Å². The van der Waals surface area contributed by atoms with E-state index in [0.29, 0.717) is 19.6 Å². The van der Waals surface area contributed by atoms with Gasteiger partial charge in [-0.05, 0) is 18.2 Å². The van der Waals surface area contributed by atoms with Crippen molar-refractivity contribution in [1.82, 2.24) is 4.57 Å². The first-order chi connectivity index (χ1) is 9.79. The highest BCUT2D eigenvalue weighted by molar-refractivity contribution is 7.07. The van der Waals surface area contributed by atoms with Crippen LogP contribution in [-0.2, 0) is 6.54 Å². The average Bonchev–Trinajstić information content (AvgIpc) is 2.85. The van der Waals surface area contributed by atoms with Crippen molar-refractivity contribution in [1.29, 1.82) is 0 Å². The van der Waals surface area contributed by atoms with E-state index in [9.17, 15) is 4.79 Å². The van der Waals surface area contributed by atoms with Gasteiger partial charge in [0.25, 0.3) is 0 Å². The number of hydrogen-bond donors (Lipinski definition) is 1. The van der Waals surface area contributed by atoms with Gasteiger partial charge >= 0.3 is 4.87 Å². The molecule has 1 aromatic carbocycles. The van der Waals surface area contributed by atoms with E-state index in [-0.39, 0.29) is 11.5 Å². The highest BCUT2D eigenvalue weighted by Crippen LogP contribution is 2.12. The Hall–Kier alpha value is -2.03. The number of ether oxygens (including phenoxy) is 1. The largest absolute Gasteiger partial charge is 0.492 e. The second-order valence-electron chi connectivity index (χ2n) is 4.01. The standard InChI is InChI=1S/C15H15NO3S/c17-9-2-1-4-13-5-3-6-14(12-13)19-10-7-16-8-11-20-15(16)18/h3,5-6,8,11-12,17H,2,7,9-10H2. The van der Waals surface area contributed by atoms with Gasteiger partial charge in [0.2, 0.25) is 0 Å². The predicted molar refractivity (Wildman–Crippen MR) is 79.1 cm³/mol. The zero-order chi connectivity index (χ0) is 14.2. The van der Waals surface area contributed by atoms with Crippen LogP contribution in [0.5, 0.6) is 5.75 Å². The second-order valence-corrected chi connectivity index (χ2v) is 4.87. The molecule has 0 bridgehead atoms. The van der Waals surface area contributed by atoms with Crippen molar-refractivity contribution in [3.8, 4) is 17.6 Å². The number of aliphatic hydroxyl groups excluding tert-OH is 1. The fraction of sp³-hybridized carbons (Fsp3) is 0.267. The van der Waals surface area contributed by atoms with E-state index < -0.39 is 0 Å². The Morgan fingerprint density at radius 1 is 1.40 bits per heavy atom. The van der Waals surface area contributed by atoms with Gasteiger partial charge in [-0.3, -0.25) is 4.79 Å². The molecule has 0 aliphatic carbocycles. The lowest BCUT2D eigenvalue weighted by Crippen LogP contribution is -2.16. The molecule has 20 heavy (non-hydrogen) atoms. The lowest BCUT2D eigenvalue weighted by molar-refractivity contribution is 0.297. The summed E-state index contributed by atoms with van der Waals surface area (Å²) in [5.74, 6) is 6.55. The molecule has 4 nitrogen and oxygen atoms in total. The van der Waals surface area contributed by atoms with E-state index in [2.05, 4.69) is 11.8 Å². The van der Waals surface area contributed by atoms with Crippen molar-refractivity contribution in [2.24, 2.45) is 0 Å². The molecule has 0 saturated carbocycles. The Bertz CT molecular complexity index is 663. The van der Waals surface area contributed by atoms with Gasteiger partial charge < -0.3 is 14.4 Å². The Kier molecular flexibility index (Phi) is 5.42. The van der Waals surface area contributed by atoms with E-state index >= 15 is 0 Å². The van der Waals surface area contributed by atoms with Gasteiger partial charge in [0.05, 0.1) is 13.2 Å². The Morgan fingerprint density at radius 2 is 2.30 bits per heavy atom. The third-order valence-electron chi connectivity index (χ3n) is 2.55. The molecule has 104 valence electrons. The number of thiazole rings is 1. The number of nitrogens with zero attached hydrogens (tertiary/aromatic N) is 1. The highest BCUT2D eigenvalue weighted by atomic mass is 32.1. The lowest BCUT2D eigenvalue weighted by Gasteiger charge is -2.06. The summed E-state index contributed by atoms with van der Waals surface area (Å²) in [6.45, 7) is 1.03. The van der Waals surface area contributed by atoms with Crippen molar-refractivity contribution >= 4 is 11.3 Å². The van der Waals surface area contributed by atoms with E-state index in [0.717, 1.165) is 11.3 Å². The van der Waals surface area contributed by atoms with Gasteiger partial charge in [0.15, 0.2) is 0 Å². The van der Waals surface area contributed by atoms with Crippen LogP contribution in [0, 0.1) is 11.8 Å². The van der Waals surface area contributed by atoms with Gasteiger partial charge in [0, 0.05) is 23.6 Å². The molecule has 1 N–H and O–H groups in total. The molecule has 0 fully saturated rings. The van der Waals surface area contributed by atoms with E-state index in [1.54, 1.807) is 16.1 Å². The molecular weight excluding hydrogens is 274 g/mol. The van der Waals surface area contributed by atoms with Crippen molar-refractivity contribution < 1.29 is 9.84 Å². The summed E-state index contributed by atoms with van der Waals surface area (Å²) in [6, 6.07) is 7.46. The lowest BCUT2D eigenvalue weighted by atomic mass is 10.2. The third kappa shape index (κ3) is 4.26. The van der Waals surface area contributed by atoms with Crippen molar-refractivity contribution in [3.05, 3.63) is 51.1 Å². The Labute approximate surface area is 121 Å². The molecule has 2 aromatic rings. The molecule has 5 heteroatoms. The molecule has 0 atom stereocenters. The quantitative estimate of drug-likeness (QED) is 0.853. The van der Waals surface area contributed by atoms with Crippen LogP contribution in [0.1, 0.15) is 12.0 Å². The van der Waals surface area contributed by atoms with Crippen LogP contribution in [-0.4, -0.2) is 22.9 Å². The molecule has 1 heterocycles. The predicted octanol–water partition coefficient (Wildman–Crippen LogP) is 1.72. The van der Waals surface area contributed by atoms with Crippen LogP contribution in [0.15, 0.2) is 40.6 Å². The molecule has 0 aliphatic heterocycles. The van der Waals surface area contributed by atoms with Crippen molar-refractivity contribution in [2.45, 2.75) is 13.0 Å². The van der Waals surface area contributed by atoms with Crippen LogP contribution in [0.3, 0.4) is 0 Å². The SMILES string of the molecule is O=c1sccn1CCOc1cccc(C#CCCO)c1. The van der Waals surface area contributed by atoms with Gasteiger partial charge in [-0.1, -0.05) is 29.2 Å². The van der Waals surface area contributed by atoms with Crippen LogP contribution < -0.4 is 9.61 Å². The maximum atomic E-state index is 11.3. The van der Waals surface area contributed by atoms with Gasteiger partial charge in [-0.15, -0.1) is 0 Å². The monoisotopic (exact) mass is 289 g/mol. The van der Waals surface area contributed by atoms with Gasteiger partial charge in [-0.25, -0.2) is 0 Å². The minimum absolute atomic E-state index is 0.0252. The maximum Gasteiger partial charge on any atom is 0.307 e. The first-order valence-corrected chi connectivity index (χ1v) is 7.14. The van der Waals surface area contributed by atoms with Crippen LogP contribution in [0.2, 0.25) is 0 Å². The Morgan fingerprint density at radius 3 is 3.05 bits per heavy atom. The summed E-state index contributed by atoms with van der Waals surface area (Å²) in [6.07, 6.45) is 2.22. The zero-order valence-electron chi connectivity index (χ0n) is 10.9. The first-order valence-electron chi connectivity index (χ1n) is 6.26. The highest BCUT2D eigenvalue weighted by Gasteiger charge is 1.98. The first kappa shape index (κ1) is 14.4. The van der Waals surface area contributed by atoms with Gasteiger partial charge in [-0.2, -0.15) is 0 Å². The summed E-state index contributed by atoms with van der Waals surface area (Å²) in [4.78, 5) is 11.4. The molecule has 2 rings (SSSR count). The molecule has 0 spiro atoms. The normalized spacial score (nSPS) is 9.85. The molecule has 0 aliphatic rings. The molecule has 0 radical (unpaired) electrons. The fourth-order valence-electron chi connectivity index (χ4n) is 1.60. The smallest absolute Gasteiger partial charge is 0.307 e. The summed E-state index contributed by atoms with van der Waals surface area (Å²) in [5.41, 5.74) is 0.851. The maximum absolute atomic E-state index is 11.3. The number of aromatic nitrogens is 1. The van der Waals surface area contributed by atoms with Crippen molar-refractivity contribution in [2.75, 3.05) is 13.2 Å². The molecule has 0 saturated heterocycles. The molecular formula is C15H15NO3S. The molecule has 1 aromatic heterocycles. The van der Waals surface area contributed by atoms with E-state index in [4.69, 9.17) is 9.84 Å². The summed E-state index contributed by atoms with van der Waals surface area (Å²) < 4.78 is 7.23. The van der Waals surface area contributed by atoms with E-state index in [1.807, 2.05) is 24.3 Å². The average molecular weight is 289 g/mol. The summed E-state index contributed by atoms with van der Waals surface area (Å²) in [5, 5.41) is 10.4. The third-order valence-corrected chi connectivity index (χ3v) is 3.24. The van der Waals surface area contributed by atoms with Crippen LogP contribution in [0.25, 0.3) is 0 Å². The van der Waals surface area contributed by atoms with Crippen molar-refractivity contribution in [3.63, 3.8) is 0 Å². The number of hydrogen-bond acceptors (Lipinski definition) is 4. The van der Waals surface area contributed by atoms with Crippen LogP contribution in [0.4, 0.5) is 0 Å². The number of benzene rings is 1. The minimum Gasteiger partial charge on any atom is -0.492 e. The summed E-state index contributed by atoms with van der Waals surface area (Å²) in [7, 11) is 0. The fourth-order valence-corrected chi connectivity index (χ4v) is 2.21.